The quantitative estimate of drug-likeness (QED) is 0.792. The second kappa shape index (κ2) is 7.74. The fourth-order valence-electron chi connectivity index (χ4n) is 5.12. The van der Waals surface area contributed by atoms with Crippen molar-refractivity contribution >= 4 is 17.6 Å². The van der Waals surface area contributed by atoms with E-state index in [1.54, 1.807) is 0 Å². The van der Waals surface area contributed by atoms with Gasteiger partial charge in [-0.25, -0.2) is 9.69 Å². The Morgan fingerprint density at radius 2 is 1.89 bits per heavy atom. The molecule has 6 heteroatoms. The highest BCUT2D eigenvalue weighted by Crippen LogP contribution is 2.38. The molecule has 4 rings (SSSR count). The third-order valence-electron chi connectivity index (χ3n) is 6.76. The van der Waals surface area contributed by atoms with E-state index in [-0.39, 0.29) is 17.9 Å². The summed E-state index contributed by atoms with van der Waals surface area (Å²) in [4.78, 5) is 31.7. The molecule has 1 spiro atoms. The average Bonchev–Trinajstić information content (AvgIpc) is 3.29. The second-order valence-electron chi connectivity index (χ2n) is 8.76. The van der Waals surface area contributed by atoms with Crippen molar-refractivity contribution in [2.45, 2.75) is 57.5 Å². The van der Waals surface area contributed by atoms with Crippen LogP contribution in [0.1, 0.15) is 51.0 Å². The minimum atomic E-state index is -0.677. The number of carbonyl (C=O) groups excluding carboxylic acids is 2. The molecule has 0 bridgehead atoms. The molecule has 2 atom stereocenters. The van der Waals surface area contributed by atoms with E-state index in [2.05, 4.69) is 46.3 Å². The van der Waals surface area contributed by atoms with Gasteiger partial charge in [-0.2, -0.15) is 0 Å². The first kappa shape index (κ1) is 19.2. The molecule has 0 unspecified atom stereocenters. The number of carbonyl (C=O) groups is 2. The van der Waals surface area contributed by atoms with Crippen molar-refractivity contribution in [3.63, 3.8) is 0 Å². The first-order valence-corrected chi connectivity index (χ1v) is 10.7. The van der Waals surface area contributed by atoms with Gasteiger partial charge in [0.05, 0.1) is 6.67 Å². The Morgan fingerprint density at radius 1 is 1.14 bits per heavy atom. The van der Waals surface area contributed by atoms with E-state index in [0.717, 1.165) is 38.8 Å². The molecular formula is C22H32N4O2. The Kier molecular flexibility index (Phi) is 5.32. The molecule has 2 saturated heterocycles. The number of para-hydroxylation sites is 1. The summed E-state index contributed by atoms with van der Waals surface area (Å²) in [6, 6.07) is 8.25. The van der Waals surface area contributed by atoms with Gasteiger partial charge in [-0.1, -0.05) is 38.0 Å². The van der Waals surface area contributed by atoms with Gasteiger partial charge in [0, 0.05) is 25.3 Å². The van der Waals surface area contributed by atoms with Crippen LogP contribution in [0.2, 0.25) is 0 Å². The highest BCUT2D eigenvalue weighted by molar-refractivity contribution is 6.07. The summed E-state index contributed by atoms with van der Waals surface area (Å²) in [5, 5.41) is 3.05. The van der Waals surface area contributed by atoms with Crippen LogP contribution in [0, 0.1) is 5.92 Å². The summed E-state index contributed by atoms with van der Waals surface area (Å²) in [5.74, 6) is 0.160. The van der Waals surface area contributed by atoms with Crippen LogP contribution in [0.25, 0.3) is 0 Å². The van der Waals surface area contributed by atoms with E-state index >= 15 is 0 Å². The molecule has 3 amide bonds. The molecule has 3 aliphatic rings. The van der Waals surface area contributed by atoms with E-state index in [0.29, 0.717) is 13.2 Å². The molecule has 1 aromatic rings. The number of nitrogens with zero attached hydrogens (tertiary/aromatic N) is 3. The molecule has 1 aliphatic carbocycles. The number of hydrogen-bond donors (Lipinski definition) is 1. The van der Waals surface area contributed by atoms with Crippen molar-refractivity contribution < 1.29 is 9.59 Å². The highest BCUT2D eigenvalue weighted by atomic mass is 16.2. The van der Waals surface area contributed by atoms with Gasteiger partial charge in [-0.15, -0.1) is 0 Å². The third-order valence-corrected chi connectivity index (χ3v) is 6.76. The maximum Gasteiger partial charge on any atom is 0.326 e. The van der Waals surface area contributed by atoms with Crippen molar-refractivity contribution in [1.29, 1.82) is 0 Å². The lowest BCUT2D eigenvalue weighted by Crippen LogP contribution is -2.54. The Bertz CT molecular complexity index is 746. The molecule has 1 aromatic carbocycles. The summed E-state index contributed by atoms with van der Waals surface area (Å²) in [6.07, 6.45) is 6.39. The average molecular weight is 385 g/mol. The number of hydrogen-bond acceptors (Lipinski definition) is 4. The summed E-state index contributed by atoms with van der Waals surface area (Å²) in [7, 11) is 1.98. The zero-order valence-electron chi connectivity index (χ0n) is 17.1. The number of rotatable bonds is 5. The Morgan fingerprint density at radius 3 is 2.64 bits per heavy atom. The molecule has 0 radical (unpaired) electrons. The van der Waals surface area contributed by atoms with E-state index in [4.69, 9.17) is 0 Å². The van der Waals surface area contributed by atoms with Crippen molar-refractivity contribution in [2.75, 3.05) is 31.7 Å². The van der Waals surface area contributed by atoms with Gasteiger partial charge in [-0.3, -0.25) is 9.69 Å². The first-order valence-electron chi connectivity index (χ1n) is 10.7. The number of urea groups is 1. The summed E-state index contributed by atoms with van der Waals surface area (Å²) in [6.45, 7) is 5.35. The molecule has 0 aromatic heterocycles. The lowest BCUT2D eigenvalue weighted by molar-refractivity contribution is -0.135. The predicted octanol–water partition coefficient (Wildman–Crippen LogP) is 3.18. The van der Waals surface area contributed by atoms with Crippen LogP contribution in [-0.2, 0) is 11.3 Å². The van der Waals surface area contributed by atoms with Crippen LogP contribution in [0.4, 0.5) is 10.5 Å². The van der Waals surface area contributed by atoms with Crippen LogP contribution < -0.4 is 10.2 Å². The minimum Gasteiger partial charge on any atom is -0.371 e. The number of nitrogens with one attached hydrogen (secondary N) is 1. The molecular weight excluding hydrogens is 352 g/mol. The maximum absolute atomic E-state index is 13.2. The Hall–Kier alpha value is -2.08. The van der Waals surface area contributed by atoms with E-state index in [1.165, 1.54) is 29.0 Å². The monoisotopic (exact) mass is 384 g/mol. The molecule has 1 N–H and O–H groups in total. The smallest absolute Gasteiger partial charge is 0.326 e. The van der Waals surface area contributed by atoms with Crippen molar-refractivity contribution in [2.24, 2.45) is 5.92 Å². The number of imide groups is 1. The van der Waals surface area contributed by atoms with Crippen LogP contribution in [0.3, 0.4) is 0 Å². The zero-order valence-corrected chi connectivity index (χ0v) is 17.1. The molecule has 28 heavy (non-hydrogen) atoms. The lowest BCUT2D eigenvalue weighted by Gasteiger charge is -2.37. The summed E-state index contributed by atoms with van der Waals surface area (Å²) in [5.41, 5.74) is 1.85. The molecule has 2 heterocycles. The predicted molar refractivity (Wildman–Crippen MR) is 110 cm³/mol. The van der Waals surface area contributed by atoms with E-state index in [9.17, 15) is 9.59 Å². The highest BCUT2D eigenvalue weighted by Gasteiger charge is 2.54. The molecule has 2 aliphatic heterocycles. The van der Waals surface area contributed by atoms with Crippen molar-refractivity contribution in [1.82, 2.24) is 15.1 Å². The Balaban J connectivity index is 1.45. The van der Waals surface area contributed by atoms with E-state index in [1.807, 2.05) is 7.05 Å². The zero-order chi connectivity index (χ0) is 19.7. The van der Waals surface area contributed by atoms with Crippen LogP contribution >= 0.6 is 0 Å². The molecule has 152 valence electrons. The minimum absolute atomic E-state index is 0.0376. The Labute approximate surface area is 167 Å². The maximum atomic E-state index is 13.2. The fourth-order valence-corrected chi connectivity index (χ4v) is 5.12. The van der Waals surface area contributed by atoms with Gasteiger partial charge in [0.15, 0.2) is 0 Å². The van der Waals surface area contributed by atoms with Gasteiger partial charge in [0.2, 0.25) is 0 Å². The van der Waals surface area contributed by atoms with Crippen molar-refractivity contribution in [3.8, 4) is 0 Å². The van der Waals surface area contributed by atoms with Gasteiger partial charge in [0.1, 0.15) is 5.54 Å². The van der Waals surface area contributed by atoms with Gasteiger partial charge in [0.25, 0.3) is 5.91 Å². The third kappa shape index (κ3) is 3.39. The molecule has 1 saturated carbocycles. The second-order valence-corrected chi connectivity index (χ2v) is 8.76. The molecule has 3 fully saturated rings. The van der Waals surface area contributed by atoms with E-state index < -0.39 is 5.54 Å². The lowest BCUT2D eigenvalue weighted by atomic mass is 9.73. The topological polar surface area (TPSA) is 55.9 Å². The number of benzene rings is 1. The van der Waals surface area contributed by atoms with Crippen molar-refractivity contribution in [3.05, 3.63) is 29.8 Å². The number of anilines is 1. The molecule has 6 nitrogen and oxygen atoms in total. The summed E-state index contributed by atoms with van der Waals surface area (Å²) >= 11 is 0. The largest absolute Gasteiger partial charge is 0.371 e. The fraction of sp³-hybridized carbons (Fsp3) is 0.636. The van der Waals surface area contributed by atoms with Crippen LogP contribution in [-0.4, -0.2) is 54.1 Å². The number of amides is 3. The SMILES string of the molecule is C[C@H]1CCCC[C@@]12NC(=O)N(CN(C)Cc1ccccc1N1CCCC1)C2=O. The van der Waals surface area contributed by atoms with Crippen LogP contribution in [0.15, 0.2) is 24.3 Å². The van der Waals surface area contributed by atoms with Gasteiger partial charge < -0.3 is 10.2 Å². The normalized spacial score (nSPS) is 27.9. The standard InChI is InChI=1S/C22H32N4O2/c1-17-9-5-6-12-22(17)20(27)26(21(28)23-22)16-24(2)15-18-10-3-4-11-19(18)25-13-7-8-14-25/h3-4,10-11,17H,5-9,12-16H2,1-2H3,(H,23,28)/t17-,22+/m0/s1. The van der Waals surface area contributed by atoms with Gasteiger partial charge in [-0.05, 0) is 50.3 Å². The van der Waals surface area contributed by atoms with Gasteiger partial charge >= 0.3 is 6.03 Å². The summed E-state index contributed by atoms with van der Waals surface area (Å²) < 4.78 is 0. The first-order chi connectivity index (χ1) is 13.5. The van der Waals surface area contributed by atoms with Crippen LogP contribution in [0.5, 0.6) is 0 Å².